The number of aryl methyl sites for hydroxylation is 1. The molecular weight excluding hydrogens is 520 g/mol. The number of amides is 1. The second-order valence-corrected chi connectivity index (χ2v) is 10.9. The van der Waals surface area contributed by atoms with Gasteiger partial charge in [0.1, 0.15) is 6.61 Å². The van der Waals surface area contributed by atoms with Gasteiger partial charge in [0.15, 0.2) is 0 Å². The first-order valence-electron chi connectivity index (χ1n) is 12.1. The summed E-state index contributed by atoms with van der Waals surface area (Å²) < 4.78 is 5.90. The number of hydrogen-bond acceptors (Lipinski definition) is 4. The Morgan fingerprint density at radius 3 is 2.22 bits per heavy atom. The molecule has 4 nitrogen and oxygen atoms in total. The van der Waals surface area contributed by atoms with E-state index in [0.29, 0.717) is 24.1 Å². The van der Waals surface area contributed by atoms with E-state index < -0.39 is 0 Å². The summed E-state index contributed by atoms with van der Waals surface area (Å²) in [7, 11) is 0. The summed E-state index contributed by atoms with van der Waals surface area (Å²) in [4.78, 5) is 19.0. The normalized spacial score (nSPS) is 19.9. The van der Waals surface area contributed by atoms with Crippen LogP contribution in [0, 0.1) is 74.9 Å². The van der Waals surface area contributed by atoms with Crippen LogP contribution in [0.15, 0.2) is 58.4 Å². The number of nitrogens with one attached hydrogen (secondary N) is 1. The third kappa shape index (κ3) is 8.37. The number of para-hydroxylation sites is 1. The van der Waals surface area contributed by atoms with Gasteiger partial charge in [-0.15, -0.1) is 11.8 Å². The Morgan fingerprint density at radius 1 is 0.946 bits per heavy atom. The molecule has 5 rings (SSSR count). The Hall–Kier alpha value is -1.75. The minimum atomic E-state index is -0.141. The number of thioether (sulfide) groups is 1. The minimum absolute atomic E-state index is 0. The molecule has 3 aliphatic rings. The summed E-state index contributed by atoms with van der Waals surface area (Å²) in [5.74, 6) is 1.10. The van der Waals surface area contributed by atoms with Crippen LogP contribution < -0.4 is 5.32 Å². The molecule has 1 aliphatic heterocycles. The molecule has 2 aliphatic carbocycles. The van der Waals surface area contributed by atoms with Gasteiger partial charge in [0.2, 0.25) is 11.8 Å². The van der Waals surface area contributed by atoms with E-state index in [-0.39, 0.29) is 34.4 Å². The molecule has 1 atom stereocenters. The largest absolute Gasteiger partial charge is 0.475 e. The third-order valence-electron chi connectivity index (χ3n) is 5.88. The Balaban J connectivity index is 0.000000568. The number of ether oxygens (including phenoxy) is 1. The van der Waals surface area contributed by atoms with Gasteiger partial charge in [0.25, 0.3) is 0 Å². The predicted octanol–water partition coefficient (Wildman–Crippen LogP) is 6.67. The molecule has 6 heteroatoms. The fourth-order valence-electron chi connectivity index (χ4n) is 3.67. The number of aliphatic imine (C=N–C) groups is 1. The van der Waals surface area contributed by atoms with Crippen molar-refractivity contribution in [2.45, 2.75) is 38.6 Å². The van der Waals surface area contributed by atoms with Crippen LogP contribution in [-0.2, 0) is 26.6 Å². The summed E-state index contributed by atoms with van der Waals surface area (Å²) in [6, 6.07) is 16.1. The molecule has 0 bridgehead atoms. The standard InChI is InChI=1S/C26H27N2O2S.C5H5.Fe/c1-17-12-14-18(15-13-17)31-22-11-7-9-20(22)24(29)27-21-10-6-5-8-19(21)25-28-23(16-30-25)26(2,3)4;1-2-4-5-3-1;/h5-15,23H,16H2,1-4H3,(H,27,29);1-5H;/t23-;;/m1../s1. The summed E-state index contributed by atoms with van der Waals surface area (Å²) in [5.41, 5.74) is 2.75. The average Bonchev–Trinajstić information content (AvgIpc) is 3.63. The monoisotopic (exact) mass is 552 g/mol. The van der Waals surface area contributed by atoms with Crippen LogP contribution in [0.4, 0.5) is 5.69 Å². The van der Waals surface area contributed by atoms with Gasteiger partial charge in [-0.1, -0.05) is 50.6 Å². The van der Waals surface area contributed by atoms with Gasteiger partial charge < -0.3 is 10.1 Å². The molecule has 0 aromatic heterocycles. The van der Waals surface area contributed by atoms with Crippen molar-refractivity contribution in [1.82, 2.24) is 0 Å². The van der Waals surface area contributed by atoms with Crippen molar-refractivity contribution < 1.29 is 26.6 Å². The Labute approximate surface area is 238 Å². The van der Waals surface area contributed by atoms with Crippen LogP contribution in [0.1, 0.15) is 31.9 Å². The van der Waals surface area contributed by atoms with E-state index >= 15 is 0 Å². The fourth-order valence-corrected chi connectivity index (χ4v) is 4.61. The first-order valence-corrected chi connectivity index (χ1v) is 12.9. The van der Waals surface area contributed by atoms with Gasteiger partial charge in [0.05, 0.1) is 28.5 Å². The molecule has 0 unspecified atom stereocenters. The number of hydrogen-bond donors (Lipinski definition) is 1. The SMILES string of the molecule is Cc1ccc(S[C]2[CH][CH][CH][C]2C(=O)Nc2ccccc2C2=N[C@@H](C(C)(C)C)CO2)cc1.[CH]1[CH][CH][CH][CH]1.[Fe]. The maximum atomic E-state index is 13.1. The van der Waals surface area contributed by atoms with Gasteiger partial charge in [0, 0.05) is 22.0 Å². The molecule has 1 amide bonds. The Kier molecular flexibility index (Phi) is 11.2. The Bertz CT molecular complexity index is 1040. The summed E-state index contributed by atoms with van der Waals surface area (Å²) in [6.45, 7) is 9.09. The molecule has 0 spiro atoms. The molecule has 2 aromatic rings. The maximum Gasteiger partial charge on any atom is 0.233 e. The number of nitrogens with zero attached hydrogens (tertiary/aromatic N) is 1. The topological polar surface area (TPSA) is 50.7 Å². The van der Waals surface area contributed by atoms with Crippen molar-refractivity contribution in [2.24, 2.45) is 10.4 Å². The summed E-state index contributed by atoms with van der Waals surface area (Å²) in [6.07, 6.45) is 15.7. The molecule has 10 radical (unpaired) electrons. The first kappa shape index (κ1) is 29.8. The van der Waals surface area contributed by atoms with Crippen molar-refractivity contribution in [3.05, 3.63) is 122 Å². The molecular formula is C31H32FeN2O2S. The average molecular weight is 553 g/mol. The van der Waals surface area contributed by atoms with Crippen molar-refractivity contribution in [2.75, 3.05) is 11.9 Å². The zero-order valence-electron chi connectivity index (χ0n) is 21.5. The van der Waals surface area contributed by atoms with Gasteiger partial charge >= 0.3 is 0 Å². The van der Waals surface area contributed by atoms with E-state index in [1.807, 2.05) is 75.6 Å². The molecule has 0 saturated heterocycles. The van der Waals surface area contributed by atoms with E-state index in [9.17, 15) is 4.79 Å². The summed E-state index contributed by atoms with van der Waals surface area (Å²) in [5, 5.41) is 4.00. The van der Waals surface area contributed by atoms with Crippen molar-refractivity contribution in [3.63, 3.8) is 0 Å². The van der Waals surface area contributed by atoms with E-state index in [4.69, 9.17) is 9.73 Å². The molecule has 192 valence electrons. The number of benzene rings is 2. The van der Waals surface area contributed by atoms with Gasteiger partial charge in [-0.25, -0.2) is 4.99 Å². The second kappa shape index (κ2) is 13.9. The second-order valence-electron chi connectivity index (χ2n) is 9.81. The van der Waals surface area contributed by atoms with Crippen molar-refractivity contribution in [1.29, 1.82) is 0 Å². The zero-order chi connectivity index (χ0) is 25.5. The molecule has 2 fully saturated rings. The van der Waals surface area contributed by atoms with E-state index in [2.05, 4.69) is 57.3 Å². The molecule has 2 saturated carbocycles. The van der Waals surface area contributed by atoms with Gasteiger partial charge in [-0.05, 0) is 88.0 Å². The van der Waals surface area contributed by atoms with Gasteiger partial charge in [-0.2, -0.15) is 0 Å². The number of anilines is 1. The van der Waals surface area contributed by atoms with Crippen molar-refractivity contribution >= 4 is 29.3 Å². The molecule has 37 heavy (non-hydrogen) atoms. The van der Waals surface area contributed by atoms with E-state index in [1.54, 1.807) is 11.8 Å². The van der Waals surface area contributed by atoms with Crippen LogP contribution in [-0.4, -0.2) is 24.5 Å². The van der Waals surface area contributed by atoms with Crippen LogP contribution in [0.3, 0.4) is 0 Å². The van der Waals surface area contributed by atoms with Crippen LogP contribution >= 0.6 is 11.8 Å². The number of carbonyl (C=O) groups is 1. The van der Waals surface area contributed by atoms with Crippen LogP contribution in [0.5, 0.6) is 0 Å². The first-order chi connectivity index (χ1) is 17.3. The molecule has 1 N–H and O–H groups in total. The summed E-state index contributed by atoms with van der Waals surface area (Å²) >= 11 is 1.59. The fraction of sp³-hybridized carbons (Fsp3) is 0.226. The van der Waals surface area contributed by atoms with Crippen LogP contribution in [0.2, 0.25) is 0 Å². The zero-order valence-corrected chi connectivity index (χ0v) is 23.5. The van der Waals surface area contributed by atoms with E-state index in [1.165, 1.54) is 5.56 Å². The molecule has 2 aromatic carbocycles. The van der Waals surface area contributed by atoms with E-state index in [0.717, 1.165) is 15.7 Å². The predicted molar refractivity (Wildman–Crippen MR) is 149 cm³/mol. The van der Waals surface area contributed by atoms with Crippen LogP contribution in [0.25, 0.3) is 0 Å². The quantitative estimate of drug-likeness (QED) is 0.422. The number of carbonyl (C=O) groups excluding carboxylic acids is 1. The third-order valence-corrected chi connectivity index (χ3v) is 6.97. The van der Waals surface area contributed by atoms with Crippen molar-refractivity contribution in [3.8, 4) is 0 Å². The van der Waals surface area contributed by atoms with Gasteiger partial charge in [-0.3, -0.25) is 4.79 Å². The smallest absolute Gasteiger partial charge is 0.233 e. The maximum absolute atomic E-state index is 13.1. The molecule has 1 heterocycles. The minimum Gasteiger partial charge on any atom is -0.475 e. The Morgan fingerprint density at radius 2 is 1.59 bits per heavy atom. The number of rotatable bonds is 5.